The Kier molecular flexibility index (Phi) is 6.18. The predicted molar refractivity (Wildman–Crippen MR) is 109 cm³/mol. The van der Waals surface area contributed by atoms with Crippen molar-refractivity contribution in [1.29, 1.82) is 0 Å². The number of halogens is 2. The molecule has 0 saturated carbocycles. The van der Waals surface area contributed by atoms with Crippen LogP contribution in [0.2, 0.25) is 5.02 Å². The zero-order valence-electron chi connectivity index (χ0n) is 16.0. The van der Waals surface area contributed by atoms with Gasteiger partial charge < -0.3 is 19.7 Å². The largest absolute Gasteiger partial charge is 0.454 e. The molecule has 6 nitrogen and oxygen atoms in total. The van der Waals surface area contributed by atoms with Gasteiger partial charge in [-0.2, -0.15) is 0 Å². The second kappa shape index (κ2) is 8.98. The highest BCUT2D eigenvalue weighted by Gasteiger charge is 2.19. The highest BCUT2D eigenvalue weighted by Crippen LogP contribution is 2.32. The molecule has 2 aliphatic heterocycles. The van der Waals surface area contributed by atoms with Gasteiger partial charge in [0.15, 0.2) is 11.5 Å². The Hall–Kier alpha value is -2.35. The standard InChI is InChI=1S/C21H23ClFN3O3/c22-16-2-3-18(17(23)12-16)24-21(27)5-6-25-7-9-26(10-8-25)13-15-1-4-19-20(11-15)29-14-28-19/h1-4,11-12H,5-10,13-14H2,(H,24,27). The van der Waals surface area contributed by atoms with E-state index in [9.17, 15) is 9.18 Å². The summed E-state index contributed by atoms with van der Waals surface area (Å²) in [6.45, 7) is 5.46. The lowest BCUT2D eigenvalue weighted by atomic mass is 10.1. The summed E-state index contributed by atoms with van der Waals surface area (Å²) in [7, 11) is 0. The van der Waals surface area contributed by atoms with Gasteiger partial charge >= 0.3 is 0 Å². The quantitative estimate of drug-likeness (QED) is 0.778. The lowest BCUT2D eigenvalue weighted by Crippen LogP contribution is -2.46. The third-order valence-corrected chi connectivity index (χ3v) is 5.40. The number of nitrogens with one attached hydrogen (secondary N) is 1. The van der Waals surface area contributed by atoms with Gasteiger partial charge in [0.1, 0.15) is 5.82 Å². The maximum atomic E-state index is 13.8. The van der Waals surface area contributed by atoms with Crippen LogP contribution in [-0.2, 0) is 11.3 Å². The molecular weight excluding hydrogens is 397 g/mol. The van der Waals surface area contributed by atoms with Crippen LogP contribution in [0.15, 0.2) is 36.4 Å². The smallest absolute Gasteiger partial charge is 0.231 e. The molecule has 4 rings (SSSR count). The van der Waals surface area contributed by atoms with Gasteiger partial charge in [0.25, 0.3) is 0 Å². The molecule has 8 heteroatoms. The number of rotatable bonds is 6. The molecule has 0 aliphatic carbocycles. The normalized spacial score (nSPS) is 16.8. The van der Waals surface area contributed by atoms with Crippen LogP contribution in [-0.4, -0.2) is 55.2 Å². The van der Waals surface area contributed by atoms with Gasteiger partial charge in [0, 0.05) is 50.7 Å². The average molecular weight is 420 g/mol. The van der Waals surface area contributed by atoms with Crippen molar-refractivity contribution in [2.24, 2.45) is 0 Å². The molecule has 2 aliphatic rings. The van der Waals surface area contributed by atoms with E-state index in [1.54, 1.807) is 6.07 Å². The number of amides is 1. The molecule has 1 amide bonds. The Morgan fingerprint density at radius 3 is 2.59 bits per heavy atom. The number of hydrogen-bond donors (Lipinski definition) is 1. The summed E-state index contributed by atoms with van der Waals surface area (Å²) in [5, 5.41) is 2.91. The first-order valence-electron chi connectivity index (χ1n) is 9.65. The number of carbonyl (C=O) groups is 1. The van der Waals surface area contributed by atoms with E-state index in [0.717, 1.165) is 44.2 Å². The number of nitrogens with zero attached hydrogens (tertiary/aromatic N) is 2. The molecule has 154 valence electrons. The van der Waals surface area contributed by atoms with Crippen molar-refractivity contribution in [1.82, 2.24) is 9.80 Å². The SMILES string of the molecule is O=C(CCN1CCN(Cc2ccc3c(c2)OCO3)CC1)Nc1ccc(Cl)cc1F. The second-order valence-electron chi connectivity index (χ2n) is 7.23. The third-order valence-electron chi connectivity index (χ3n) is 5.17. The fourth-order valence-electron chi connectivity index (χ4n) is 3.53. The lowest BCUT2D eigenvalue weighted by Gasteiger charge is -2.34. The van der Waals surface area contributed by atoms with Crippen molar-refractivity contribution in [2.75, 3.05) is 44.8 Å². The van der Waals surface area contributed by atoms with Crippen LogP contribution in [0.3, 0.4) is 0 Å². The Labute approximate surface area is 174 Å². The number of anilines is 1. The van der Waals surface area contributed by atoms with E-state index in [0.29, 0.717) is 18.0 Å². The van der Waals surface area contributed by atoms with Crippen LogP contribution in [0.5, 0.6) is 11.5 Å². The van der Waals surface area contributed by atoms with E-state index < -0.39 is 5.82 Å². The highest BCUT2D eigenvalue weighted by atomic mass is 35.5. The number of piperazine rings is 1. The van der Waals surface area contributed by atoms with E-state index >= 15 is 0 Å². The molecule has 1 saturated heterocycles. The first-order valence-corrected chi connectivity index (χ1v) is 10.0. The van der Waals surface area contributed by atoms with Crippen LogP contribution in [0.1, 0.15) is 12.0 Å². The van der Waals surface area contributed by atoms with Crippen LogP contribution in [0, 0.1) is 5.82 Å². The summed E-state index contributed by atoms with van der Waals surface area (Å²) in [5.74, 6) is 0.886. The van der Waals surface area contributed by atoms with Gasteiger partial charge in [-0.3, -0.25) is 9.69 Å². The molecule has 0 radical (unpaired) electrons. The average Bonchev–Trinajstić information content (AvgIpc) is 3.17. The van der Waals surface area contributed by atoms with Gasteiger partial charge in [-0.1, -0.05) is 17.7 Å². The monoisotopic (exact) mass is 419 g/mol. The van der Waals surface area contributed by atoms with E-state index in [1.807, 2.05) is 12.1 Å². The Bertz CT molecular complexity index is 887. The maximum absolute atomic E-state index is 13.8. The van der Waals surface area contributed by atoms with Crippen molar-refractivity contribution >= 4 is 23.2 Å². The number of benzene rings is 2. The van der Waals surface area contributed by atoms with Gasteiger partial charge in [-0.15, -0.1) is 0 Å². The predicted octanol–water partition coefficient (Wildman–Crippen LogP) is 3.35. The van der Waals surface area contributed by atoms with Gasteiger partial charge in [0.2, 0.25) is 12.7 Å². The summed E-state index contributed by atoms with van der Waals surface area (Å²) >= 11 is 5.73. The summed E-state index contributed by atoms with van der Waals surface area (Å²) in [6.07, 6.45) is 0.324. The zero-order chi connectivity index (χ0) is 20.2. The molecule has 0 spiro atoms. The minimum atomic E-state index is -0.525. The maximum Gasteiger partial charge on any atom is 0.231 e. The van der Waals surface area contributed by atoms with E-state index in [4.69, 9.17) is 21.1 Å². The van der Waals surface area contributed by atoms with Crippen molar-refractivity contribution in [3.8, 4) is 11.5 Å². The summed E-state index contributed by atoms with van der Waals surface area (Å²) < 4.78 is 24.6. The number of hydrogen-bond acceptors (Lipinski definition) is 5. The number of carbonyl (C=O) groups excluding carboxylic acids is 1. The van der Waals surface area contributed by atoms with Gasteiger partial charge in [-0.25, -0.2) is 4.39 Å². The van der Waals surface area contributed by atoms with Gasteiger partial charge in [0.05, 0.1) is 5.69 Å². The molecule has 29 heavy (non-hydrogen) atoms. The van der Waals surface area contributed by atoms with Crippen LogP contribution in [0.4, 0.5) is 10.1 Å². The summed E-state index contributed by atoms with van der Waals surface area (Å²) in [5.41, 5.74) is 1.36. The number of fused-ring (bicyclic) bond motifs is 1. The third kappa shape index (κ3) is 5.18. The fraction of sp³-hybridized carbons (Fsp3) is 0.381. The molecular formula is C21H23ClFN3O3. The number of ether oxygens (including phenoxy) is 2. The van der Waals surface area contributed by atoms with Crippen molar-refractivity contribution < 1.29 is 18.7 Å². The van der Waals surface area contributed by atoms with Crippen molar-refractivity contribution in [2.45, 2.75) is 13.0 Å². The lowest BCUT2D eigenvalue weighted by molar-refractivity contribution is -0.116. The van der Waals surface area contributed by atoms with Gasteiger partial charge in [-0.05, 0) is 35.9 Å². The minimum Gasteiger partial charge on any atom is -0.454 e. The van der Waals surface area contributed by atoms with Crippen LogP contribution < -0.4 is 14.8 Å². The molecule has 2 aromatic rings. The Balaban J connectivity index is 1.19. The molecule has 1 N–H and O–H groups in total. The minimum absolute atomic E-state index is 0.160. The van der Waals surface area contributed by atoms with E-state index in [2.05, 4.69) is 21.2 Å². The van der Waals surface area contributed by atoms with Crippen molar-refractivity contribution in [3.05, 3.63) is 52.8 Å². The topological polar surface area (TPSA) is 54.0 Å². The first-order chi connectivity index (χ1) is 14.1. The zero-order valence-corrected chi connectivity index (χ0v) is 16.8. The molecule has 2 heterocycles. The van der Waals surface area contributed by atoms with Crippen LogP contribution >= 0.6 is 11.6 Å². The summed E-state index contributed by atoms with van der Waals surface area (Å²) in [6, 6.07) is 10.3. The fourth-order valence-corrected chi connectivity index (χ4v) is 3.69. The highest BCUT2D eigenvalue weighted by molar-refractivity contribution is 6.30. The first kappa shape index (κ1) is 19.9. The van der Waals surface area contributed by atoms with E-state index in [-0.39, 0.29) is 18.4 Å². The molecule has 2 aromatic carbocycles. The molecule has 0 aromatic heterocycles. The molecule has 1 fully saturated rings. The molecule has 0 bridgehead atoms. The second-order valence-corrected chi connectivity index (χ2v) is 7.66. The van der Waals surface area contributed by atoms with Crippen LogP contribution in [0.25, 0.3) is 0 Å². The molecule has 0 atom stereocenters. The van der Waals surface area contributed by atoms with E-state index in [1.165, 1.54) is 17.7 Å². The van der Waals surface area contributed by atoms with Crippen molar-refractivity contribution in [3.63, 3.8) is 0 Å². The Morgan fingerprint density at radius 1 is 1.03 bits per heavy atom. The Morgan fingerprint density at radius 2 is 1.79 bits per heavy atom. The summed E-state index contributed by atoms with van der Waals surface area (Å²) in [4.78, 5) is 16.8. The molecule has 0 unspecified atom stereocenters.